The minimum atomic E-state index is 0.0432. The van der Waals surface area contributed by atoms with Crippen LogP contribution in [0.2, 0.25) is 5.02 Å². The van der Waals surface area contributed by atoms with E-state index >= 15 is 0 Å². The number of benzene rings is 1. The Kier molecular flexibility index (Phi) is 6.05. The predicted molar refractivity (Wildman–Crippen MR) is 129 cm³/mol. The van der Waals surface area contributed by atoms with Gasteiger partial charge in [0, 0.05) is 52.5 Å². The van der Waals surface area contributed by atoms with Crippen LogP contribution in [0.15, 0.2) is 59.5 Å². The van der Waals surface area contributed by atoms with Crippen LogP contribution in [-0.2, 0) is 13.1 Å². The summed E-state index contributed by atoms with van der Waals surface area (Å²) >= 11 is 7.92. The number of halogens is 1. The summed E-state index contributed by atoms with van der Waals surface area (Å²) in [6.07, 6.45) is 4.02. The minimum absolute atomic E-state index is 0.0432. The largest absolute Gasteiger partial charge is 0.309 e. The van der Waals surface area contributed by atoms with Gasteiger partial charge in [-0.1, -0.05) is 17.7 Å². The van der Waals surface area contributed by atoms with E-state index in [1.54, 1.807) is 18.3 Å². The van der Waals surface area contributed by atoms with Gasteiger partial charge in [0.25, 0.3) is 5.56 Å². The van der Waals surface area contributed by atoms with Crippen molar-refractivity contribution in [3.8, 4) is 0 Å². The van der Waals surface area contributed by atoms with Crippen LogP contribution in [-0.4, -0.2) is 40.1 Å². The lowest BCUT2D eigenvalue weighted by atomic mass is 10.1. The molecule has 1 aliphatic rings. The van der Waals surface area contributed by atoms with Crippen LogP contribution < -0.4 is 10.9 Å². The maximum absolute atomic E-state index is 12.4. The lowest BCUT2D eigenvalue weighted by molar-refractivity contribution is 0.191. The fourth-order valence-electron chi connectivity index (χ4n) is 4.35. The Morgan fingerprint density at radius 1 is 1.10 bits per heavy atom. The van der Waals surface area contributed by atoms with Crippen molar-refractivity contribution in [1.29, 1.82) is 0 Å². The zero-order valence-corrected chi connectivity index (χ0v) is 18.8. The molecule has 0 saturated carbocycles. The van der Waals surface area contributed by atoms with Crippen molar-refractivity contribution in [2.75, 3.05) is 19.6 Å². The molecule has 1 aliphatic heterocycles. The second-order valence-electron chi connectivity index (χ2n) is 8.12. The number of thiophene rings is 1. The molecule has 0 bridgehead atoms. The van der Waals surface area contributed by atoms with Crippen LogP contribution in [0.1, 0.15) is 17.7 Å². The van der Waals surface area contributed by atoms with Crippen molar-refractivity contribution in [3.63, 3.8) is 0 Å². The molecule has 1 aromatic carbocycles. The van der Waals surface area contributed by atoms with Crippen LogP contribution >= 0.6 is 22.9 Å². The van der Waals surface area contributed by atoms with Gasteiger partial charge in [0.1, 0.15) is 0 Å². The molecule has 3 aromatic heterocycles. The summed E-state index contributed by atoms with van der Waals surface area (Å²) in [5.74, 6) is 0. The van der Waals surface area contributed by atoms with Gasteiger partial charge in [-0.25, -0.2) is 0 Å². The van der Waals surface area contributed by atoms with Crippen molar-refractivity contribution < 1.29 is 0 Å². The number of piperidine rings is 1. The number of fused-ring (bicyclic) bond motifs is 2. The van der Waals surface area contributed by atoms with Crippen LogP contribution in [0, 0.1) is 0 Å². The molecule has 0 unspecified atom stereocenters. The summed E-state index contributed by atoms with van der Waals surface area (Å²) in [7, 11) is 0. The Hall–Kier alpha value is -2.25. The molecule has 0 spiro atoms. The zero-order chi connectivity index (χ0) is 21.2. The van der Waals surface area contributed by atoms with E-state index in [0.29, 0.717) is 12.6 Å². The van der Waals surface area contributed by atoms with Crippen molar-refractivity contribution in [1.82, 2.24) is 19.8 Å². The smallest absolute Gasteiger partial charge is 0.251 e. The Labute approximate surface area is 190 Å². The first kappa shape index (κ1) is 20.6. The highest BCUT2D eigenvalue weighted by Crippen LogP contribution is 2.28. The van der Waals surface area contributed by atoms with Gasteiger partial charge in [-0.3, -0.25) is 9.78 Å². The summed E-state index contributed by atoms with van der Waals surface area (Å²) in [5, 5.41) is 5.79. The van der Waals surface area contributed by atoms with E-state index in [1.165, 1.54) is 15.0 Å². The number of nitrogens with one attached hydrogen (secondary N) is 1. The van der Waals surface area contributed by atoms with Crippen LogP contribution in [0.4, 0.5) is 0 Å². The molecule has 4 heterocycles. The molecule has 0 amide bonds. The van der Waals surface area contributed by atoms with Crippen molar-refractivity contribution >= 4 is 44.1 Å². The maximum atomic E-state index is 12.4. The Morgan fingerprint density at radius 3 is 2.84 bits per heavy atom. The number of nitrogens with zero attached hydrogens (tertiary/aromatic N) is 3. The topological polar surface area (TPSA) is 50.2 Å². The number of pyridine rings is 2. The van der Waals surface area contributed by atoms with Crippen molar-refractivity contribution in [3.05, 3.63) is 75.0 Å². The van der Waals surface area contributed by atoms with Crippen molar-refractivity contribution in [2.45, 2.75) is 32.0 Å². The fourth-order valence-corrected chi connectivity index (χ4v) is 5.64. The molecule has 4 aromatic rings. The van der Waals surface area contributed by atoms with Gasteiger partial charge in [-0.05, 0) is 67.7 Å². The van der Waals surface area contributed by atoms with E-state index in [2.05, 4.69) is 27.3 Å². The van der Waals surface area contributed by atoms with Gasteiger partial charge in [-0.2, -0.15) is 0 Å². The molecular formula is C24H25ClN4OS. The first-order valence-electron chi connectivity index (χ1n) is 10.7. The van der Waals surface area contributed by atoms with E-state index in [-0.39, 0.29) is 5.56 Å². The zero-order valence-electron chi connectivity index (χ0n) is 17.3. The van der Waals surface area contributed by atoms with Gasteiger partial charge < -0.3 is 14.8 Å². The summed E-state index contributed by atoms with van der Waals surface area (Å²) in [4.78, 5) is 20.5. The van der Waals surface area contributed by atoms with Crippen molar-refractivity contribution in [2.24, 2.45) is 0 Å². The van der Waals surface area contributed by atoms with Gasteiger partial charge >= 0.3 is 0 Å². The third-order valence-corrected chi connectivity index (χ3v) is 7.42. The van der Waals surface area contributed by atoms with E-state index in [1.807, 2.05) is 40.2 Å². The standard InChI is InChI=1S/C24H25ClN4OS/c25-18-4-3-17-14-20(31-23(17)15-18)16-27-19-7-10-28(11-8-19)12-13-29-22-2-1-9-26-21(22)5-6-24(29)30/h1-6,9,14-15,19,27H,7-8,10-13,16H2. The van der Waals surface area contributed by atoms with E-state index in [0.717, 1.165) is 55.1 Å². The predicted octanol–water partition coefficient (Wildman–Crippen LogP) is 4.52. The first-order chi connectivity index (χ1) is 15.2. The number of rotatable bonds is 6. The highest BCUT2D eigenvalue weighted by molar-refractivity contribution is 7.19. The number of likely N-dealkylation sites (tertiary alicyclic amines) is 1. The number of aromatic nitrogens is 2. The molecule has 160 valence electrons. The second kappa shape index (κ2) is 9.09. The lowest BCUT2D eigenvalue weighted by Crippen LogP contribution is -2.43. The molecule has 0 aliphatic carbocycles. The molecule has 5 nitrogen and oxygen atoms in total. The highest BCUT2D eigenvalue weighted by atomic mass is 35.5. The molecule has 1 N–H and O–H groups in total. The van der Waals surface area contributed by atoms with Gasteiger partial charge in [0.05, 0.1) is 11.0 Å². The first-order valence-corrected chi connectivity index (χ1v) is 11.9. The van der Waals surface area contributed by atoms with Gasteiger partial charge in [0.15, 0.2) is 0 Å². The molecular weight excluding hydrogens is 428 g/mol. The Balaban J connectivity index is 1.13. The lowest BCUT2D eigenvalue weighted by Gasteiger charge is -2.32. The SMILES string of the molecule is O=c1ccc2ncccc2n1CCN1CCC(NCc2cc3ccc(Cl)cc3s2)CC1. The minimum Gasteiger partial charge on any atom is -0.309 e. The average molecular weight is 453 g/mol. The normalized spacial score (nSPS) is 15.8. The van der Waals surface area contributed by atoms with E-state index < -0.39 is 0 Å². The summed E-state index contributed by atoms with van der Waals surface area (Å²) in [5.41, 5.74) is 1.83. The third kappa shape index (κ3) is 4.67. The molecule has 0 atom stereocenters. The summed E-state index contributed by atoms with van der Waals surface area (Å²) in [6.45, 7) is 4.59. The van der Waals surface area contributed by atoms with Crippen LogP contribution in [0.5, 0.6) is 0 Å². The average Bonchev–Trinajstić information content (AvgIpc) is 3.20. The maximum Gasteiger partial charge on any atom is 0.251 e. The van der Waals surface area contributed by atoms with Crippen LogP contribution in [0.25, 0.3) is 21.1 Å². The Morgan fingerprint density at radius 2 is 1.97 bits per heavy atom. The van der Waals surface area contributed by atoms with E-state index in [4.69, 9.17) is 11.6 Å². The van der Waals surface area contributed by atoms with Gasteiger partial charge in [-0.15, -0.1) is 11.3 Å². The molecule has 7 heteroatoms. The summed E-state index contributed by atoms with van der Waals surface area (Å²) in [6, 6.07) is 16.2. The Bertz CT molecular complexity index is 1260. The quantitative estimate of drug-likeness (QED) is 0.467. The number of hydrogen-bond acceptors (Lipinski definition) is 5. The molecule has 0 radical (unpaired) electrons. The number of hydrogen-bond donors (Lipinski definition) is 1. The molecule has 31 heavy (non-hydrogen) atoms. The second-order valence-corrected chi connectivity index (χ2v) is 9.73. The van der Waals surface area contributed by atoms with Crippen LogP contribution in [0.3, 0.4) is 0 Å². The van der Waals surface area contributed by atoms with E-state index in [9.17, 15) is 4.79 Å². The highest BCUT2D eigenvalue weighted by Gasteiger charge is 2.19. The molecule has 1 fully saturated rings. The monoisotopic (exact) mass is 452 g/mol. The molecule has 1 saturated heterocycles. The summed E-state index contributed by atoms with van der Waals surface area (Å²) < 4.78 is 3.10. The molecule has 5 rings (SSSR count). The third-order valence-electron chi connectivity index (χ3n) is 6.08. The fraction of sp³-hybridized carbons (Fsp3) is 0.333. The van der Waals surface area contributed by atoms with Gasteiger partial charge in [0.2, 0.25) is 0 Å².